The zero-order valence-corrected chi connectivity index (χ0v) is 7.58. The van der Waals surface area contributed by atoms with E-state index < -0.39 is 0 Å². The first-order valence-corrected chi connectivity index (χ1v) is 4.83. The Morgan fingerprint density at radius 3 is 2.82 bits per heavy atom. The monoisotopic (exact) mass is 169 g/mol. The molecule has 0 fully saturated rings. The number of aromatic nitrogens is 1. The Hall–Kier alpha value is -0.570. The Kier molecular flexibility index (Phi) is 1.60. The van der Waals surface area contributed by atoms with Gasteiger partial charge in [-0.05, 0) is 19.3 Å². The van der Waals surface area contributed by atoms with E-state index in [0.29, 0.717) is 0 Å². The first-order chi connectivity index (χ1) is 5.29. The number of rotatable bonds is 0. The van der Waals surface area contributed by atoms with Gasteiger partial charge >= 0.3 is 0 Å². The second-order valence-electron chi connectivity index (χ2n) is 3.09. The first kappa shape index (κ1) is 7.10. The quantitative estimate of drug-likeness (QED) is 0.578. The molecule has 0 atom stereocenters. The summed E-state index contributed by atoms with van der Waals surface area (Å²) in [5, 5.41) is 1.03. The Morgan fingerprint density at radius 1 is 1.36 bits per heavy atom. The fourth-order valence-corrected chi connectivity index (χ4v) is 2.70. The van der Waals surface area contributed by atoms with Gasteiger partial charge in [0.2, 0.25) is 5.69 Å². The largest absolute Gasteiger partial charge is 0.386 e. The molecule has 1 heterocycles. The van der Waals surface area contributed by atoms with E-state index in [-0.39, 0.29) is 0 Å². The molecule has 1 aromatic heterocycles. The lowest BCUT2D eigenvalue weighted by atomic mass is 9.98. The van der Waals surface area contributed by atoms with Gasteiger partial charge in [0, 0.05) is 6.42 Å². The Bertz CT molecular complexity index is 251. The summed E-state index contributed by atoms with van der Waals surface area (Å²) >= 11 is 1.68. The summed E-state index contributed by atoms with van der Waals surface area (Å²) in [6, 6.07) is 0. The van der Waals surface area contributed by atoms with Crippen LogP contribution in [-0.2, 0) is 19.9 Å². The number of anilines is 1. The number of fused-ring (bicyclic) bond motifs is 1. The third-order valence-electron chi connectivity index (χ3n) is 2.35. The van der Waals surface area contributed by atoms with E-state index in [4.69, 9.17) is 5.73 Å². The summed E-state index contributed by atoms with van der Waals surface area (Å²) in [6.07, 6.45) is 5.06. The fraction of sp³-hybridized carbons (Fsp3) is 0.625. The minimum absolute atomic E-state index is 1.03. The fourth-order valence-electron chi connectivity index (χ4n) is 1.76. The minimum atomic E-state index is 1.03. The van der Waals surface area contributed by atoms with Gasteiger partial charge < -0.3 is 5.73 Å². The lowest BCUT2D eigenvalue weighted by Gasteiger charge is -2.05. The molecule has 0 aliphatic heterocycles. The highest BCUT2D eigenvalue weighted by atomic mass is 32.1. The van der Waals surface area contributed by atoms with E-state index in [9.17, 15) is 0 Å². The number of hydrogen-bond donors (Lipinski definition) is 1. The highest BCUT2D eigenvalue weighted by Crippen LogP contribution is 2.26. The number of nitrogens with two attached hydrogens (primary N) is 1. The SMILES string of the molecule is C[n+]1sc(N)c2c1CCCC2. The molecule has 0 spiro atoms. The topological polar surface area (TPSA) is 29.9 Å². The standard InChI is InChI=1S/C8H12N2S/c1-10-7-5-3-2-4-6(7)8(9)11-10/h9H,2-5H2,1H3/p+1. The molecule has 1 aliphatic carbocycles. The van der Waals surface area contributed by atoms with Crippen molar-refractivity contribution in [2.45, 2.75) is 25.7 Å². The molecule has 60 valence electrons. The Balaban J connectivity index is 2.52. The third-order valence-corrected chi connectivity index (χ3v) is 3.29. The number of nitrogen functional groups attached to an aromatic ring is 1. The van der Waals surface area contributed by atoms with Gasteiger partial charge in [-0.15, -0.1) is 3.96 Å². The Morgan fingerprint density at radius 2 is 2.09 bits per heavy atom. The molecule has 11 heavy (non-hydrogen) atoms. The van der Waals surface area contributed by atoms with Gasteiger partial charge in [-0.3, -0.25) is 0 Å². The molecule has 3 heteroatoms. The van der Waals surface area contributed by atoms with Crippen molar-refractivity contribution in [3.8, 4) is 0 Å². The molecular weight excluding hydrogens is 156 g/mol. The van der Waals surface area contributed by atoms with Gasteiger partial charge in [0.05, 0.1) is 5.56 Å². The van der Waals surface area contributed by atoms with Crippen molar-refractivity contribution < 1.29 is 3.96 Å². The number of aryl methyl sites for hydroxylation is 1. The third kappa shape index (κ3) is 1.03. The van der Waals surface area contributed by atoms with Gasteiger partial charge in [-0.25, -0.2) is 0 Å². The highest BCUT2D eigenvalue weighted by molar-refractivity contribution is 7.06. The van der Waals surface area contributed by atoms with Gasteiger partial charge in [-0.1, -0.05) is 0 Å². The lowest BCUT2D eigenvalue weighted by Crippen LogP contribution is -2.29. The van der Waals surface area contributed by atoms with E-state index in [2.05, 4.69) is 11.0 Å². The van der Waals surface area contributed by atoms with Crippen LogP contribution in [0.5, 0.6) is 0 Å². The van der Waals surface area contributed by atoms with E-state index in [1.54, 1.807) is 11.5 Å². The molecule has 1 aliphatic rings. The summed E-state index contributed by atoms with van der Waals surface area (Å²) in [5.74, 6) is 0. The minimum Gasteiger partial charge on any atom is -0.386 e. The number of hydrogen-bond acceptors (Lipinski definition) is 2. The molecule has 2 rings (SSSR count). The zero-order chi connectivity index (χ0) is 7.84. The van der Waals surface area contributed by atoms with Crippen LogP contribution in [0.15, 0.2) is 0 Å². The summed E-state index contributed by atoms with van der Waals surface area (Å²) in [7, 11) is 2.10. The molecule has 0 saturated heterocycles. The van der Waals surface area contributed by atoms with E-state index >= 15 is 0 Å². The molecule has 0 aromatic carbocycles. The molecule has 0 radical (unpaired) electrons. The van der Waals surface area contributed by atoms with Gasteiger partial charge in [0.25, 0.3) is 0 Å². The molecule has 0 amide bonds. The summed E-state index contributed by atoms with van der Waals surface area (Å²) < 4.78 is 2.21. The predicted octanol–water partition coefficient (Wildman–Crippen LogP) is 1.03. The van der Waals surface area contributed by atoms with E-state index in [0.717, 1.165) is 5.00 Å². The van der Waals surface area contributed by atoms with Crippen molar-refractivity contribution in [1.82, 2.24) is 0 Å². The second kappa shape index (κ2) is 2.48. The van der Waals surface area contributed by atoms with Crippen LogP contribution >= 0.6 is 11.5 Å². The average Bonchev–Trinajstić information content (AvgIpc) is 2.30. The van der Waals surface area contributed by atoms with Crippen molar-refractivity contribution in [3.63, 3.8) is 0 Å². The van der Waals surface area contributed by atoms with Crippen molar-refractivity contribution in [2.75, 3.05) is 5.73 Å². The first-order valence-electron chi connectivity index (χ1n) is 4.05. The second-order valence-corrected chi connectivity index (χ2v) is 4.26. The van der Waals surface area contributed by atoms with Crippen LogP contribution in [0, 0.1) is 0 Å². The average molecular weight is 169 g/mol. The van der Waals surface area contributed by atoms with Crippen LogP contribution in [0.1, 0.15) is 24.1 Å². The molecule has 1 aromatic rings. The summed E-state index contributed by atoms with van der Waals surface area (Å²) in [6.45, 7) is 0. The summed E-state index contributed by atoms with van der Waals surface area (Å²) in [4.78, 5) is 0. The molecule has 0 unspecified atom stereocenters. The van der Waals surface area contributed by atoms with Crippen LogP contribution in [0.3, 0.4) is 0 Å². The van der Waals surface area contributed by atoms with E-state index in [1.165, 1.54) is 36.9 Å². The van der Waals surface area contributed by atoms with Crippen LogP contribution in [0.2, 0.25) is 0 Å². The Labute approximate surface area is 70.8 Å². The maximum absolute atomic E-state index is 5.86. The predicted molar refractivity (Wildman–Crippen MR) is 46.5 cm³/mol. The van der Waals surface area contributed by atoms with Crippen molar-refractivity contribution >= 4 is 16.5 Å². The molecule has 2 N–H and O–H groups in total. The normalized spacial score (nSPS) is 16.5. The lowest BCUT2D eigenvalue weighted by molar-refractivity contribution is -0.609. The van der Waals surface area contributed by atoms with Crippen molar-refractivity contribution in [3.05, 3.63) is 11.3 Å². The summed E-state index contributed by atoms with van der Waals surface area (Å²) in [5.41, 5.74) is 8.75. The highest BCUT2D eigenvalue weighted by Gasteiger charge is 2.24. The van der Waals surface area contributed by atoms with Crippen molar-refractivity contribution in [2.24, 2.45) is 7.05 Å². The molecule has 0 saturated carbocycles. The number of nitrogens with zero attached hydrogens (tertiary/aromatic N) is 1. The van der Waals surface area contributed by atoms with Crippen LogP contribution in [0.25, 0.3) is 0 Å². The van der Waals surface area contributed by atoms with Crippen molar-refractivity contribution in [1.29, 1.82) is 0 Å². The molecular formula is C8H13N2S+. The maximum atomic E-state index is 5.86. The maximum Gasteiger partial charge on any atom is 0.201 e. The van der Waals surface area contributed by atoms with Crippen LogP contribution < -0.4 is 9.69 Å². The van der Waals surface area contributed by atoms with Crippen LogP contribution in [0.4, 0.5) is 5.00 Å². The van der Waals surface area contributed by atoms with E-state index in [1.807, 2.05) is 0 Å². The van der Waals surface area contributed by atoms with Gasteiger partial charge in [0.15, 0.2) is 23.6 Å². The van der Waals surface area contributed by atoms with Gasteiger partial charge in [0.1, 0.15) is 0 Å². The van der Waals surface area contributed by atoms with Crippen LogP contribution in [-0.4, -0.2) is 0 Å². The molecule has 0 bridgehead atoms. The molecule has 2 nitrogen and oxygen atoms in total. The zero-order valence-electron chi connectivity index (χ0n) is 6.76. The van der Waals surface area contributed by atoms with Gasteiger partial charge in [-0.2, -0.15) is 0 Å². The smallest absolute Gasteiger partial charge is 0.201 e.